The van der Waals surface area contributed by atoms with Gasteiger partial charge in [0.2, 0.25) is 5.91 Å². The number of anilines is 1. The number of amides is 1. The number of hydrogen-bond donors (Lipinski definition) is 2. The van der Waals surface area contributed by atoms with Crippen LogP contribution in [0.5, 0.6) is 0 Å². The zero-order valence-corrected chi connectivity index (χ0v) is 13.1. The molecular weight excluding hydrogens is 268 g/mol. The van der Waals surface area contributed by atoms with Crippen LogP contribution in [0.25, 0.3) is 0 Å². The molecule has 3 rings (SSSR count). The minimum absolute atomic E-state index is 0.0806. The number of ether oxygens (including phenoxy) is 1. The second-order valence-corrected chi connectivity index (χ2v) is 6.89. The lowest BCUT2D eigenvalue weighted by molar-refractivity contribution is -0.222. The number of fused-ring (bicyclic) bond motifs is 1. The average Bonchev–Trinajstić information content (AvgIpc) is 2.75. The molecule has 0 bridgehead atoms. The monoisotopic (exact) mass is 292 g/mol. The minimum atomic E-state index is -0.889. The number of aromatic nitrogens is 2. The summed E-state index contributed by atoms with van der Waals surface area (Å²) in [5.41, 5.74) is 6.83. The summed E-state index contributed by atoms with van der Waals surface area (Å²) in [7, 11) is 1.83. The van der Waals surface area contributed by atoms with Gasteiger partial charge in [-0.25, -0.2) is 0 Å². The third-order valence-electron chi connectivity index (χ3n) is 5.32. The van der Waals surface area contributed by atoms with Crippen molar-refractivity contribution in [3.8, 4) is 0 Å². The second-order valence-electron chi connectivity index (χ2n) is 6.89. The molecular formula is C15H24N4O2. The van der Waals surface area contributed by atoms with Crippen LogP contribution in [0, 0.1) is 18.3 Å². The highest BCUT2D eigenvalue weighted by Crippen LogP contribution is 2.57. The van der Waals surface area contributed by atoms with E-state index in [0.717, 1.165) is 30.8 Å². The molecule has 0 radical (unpaired) electrons. The van der Waals surface area contributed by atoms with Crippen LogP contribution in [0.15, 0.2) is 6.20 Å². The minimum Gasteiger partial charge on any atom is -0.377 e. The summed E-state index contributed by atoms with van der Waals surface area (Å²) in [6, 6.07) is 0. The van der Waals surface area contributed by atoms with Gasteiger partial charge in [-0.2, -0.15) is 5.10 Å². The van der Waals surface area contributed by atoms with Crippen LogP contribution in [0.3, 0.4) is 0 Å². The van der Waals surface area contributed by atoms with Crippen LogP contribution in [0.4, 0.5) is 5.69 Å². The molecule has 116 valence electrons. The first-order chi connectivity index (χ1) is 9.78. The van der Waals surface area contributed by atoms with Crippen LogP contribution >= 0.6 is 0 Å². The third-order valence-corrected chi connectivity index (χ3v) is 5.32. The van der Waals surface area contributed by atoms with Gasteiger partial charge in [0.05, 0.1) is 17.5 Å². The number of nitrogens with one attached hydrogen (secondary N) is 1. The van der Waals surface area contributed by atoms with Gasteiger partial charge < -0.3 is 15.8 Å². The zero-order valence-electron chi connectivity index (χ0n) is 13.1. The smallest absolute Gasteiger partial charge is 0.245 e. The van der Waals surface area contributed by atoms with Crippen molar-refractivity contribution < 1.29 is 9.53 Å². The molecule has 2 aliphatic rings. The van der Waals surface area contributed by atoms with Gasteiger partial charge in [-0.15, -0.1) is 0 Å². The molecule has 3 unspecified atom stereocenters. The Labute approximate surface area is 125 Å². The summed E-state index contributed by atoms with van der Waals surface area (Å²) in [4.78, 5) is 12.8. The van der Waals surface area contributed by atoms with E-state index in [0.29, 0.717) is 0 Å². The van der Waals surface area contributed by atoms with Gasteiger partial charge in [-0.1, -0.05) is 13.8 Å². The molecule has 21 heavy (non-hydrogen) atoms. The normalized spacial score (nSPS) is 34.0. The lowest BCUT2D eigenvalue weighted by Gasteiger charge is -2.65. The van der Waals surface area contributed by atoms with E-state index < -0.39 is 5.54 Å². The average molecular weight is 292 g/mol. The molecule has 1 aliphatic heterocycles. The Kier molecular flexibility index (Phi) is 3.15. The predicted molar refractivity (Wildman–Crippen MR) is 79.7 cm³/mol. The van der Waals surface area contributed by atoms with Crippen molar-refractivity contribution >= 4 is 11.6 Å². The lowest BCUT2D eigenvalue weighted by atomic mass is 9.46. The van der Waals surface area contributed by atoms with Crippen LogP contribution in [-0.4, -0.2) is 33.9 Å². The summed E-state index contributed by atoms with van der Waals surface area (Å²) in [5, 5.41) is 7.20. The summed E-state index contributed by atoms with van der Waals surface area (Å²) in [6.07, 6.45) is 3.80. The topological polar surface area (TPSA) is 82.2 Å². The van der Waals surface area contributed by atoms with Gasteiger partial charge >= 0.3 is 0 Å². The first-order valence-corrected chi connectivity index (χ1v) is 7.50. The van der Waals surface area contributed by atoms with Crippen molar-refractivity contribution in [3.05, 3.63) is 11.9 Å². The summed E-state index contributed by atoms with van der Waals surface area (Å²) in [6.45, 7) is 6.69. The molecule has 1 saturated heterocycles. The highest BCUT2D eigenvalue weighted by molar-refractivity contribution is 6.00. The van der Waals surface area contributed by atoms with Gasteiger partial charge in [0.1, 0.15) is 5.54 Å². The number of nitrogens with zero attached hydrogens (tertiary/aromatic N) is 2. The first-order valence-electron chi connectivity index (χ1n) is 7.50. The molecule has 2 heterocycles. The SMILES string of the molecule is Cc1nn(C)cc1NC(=O)C1(N)C2CCCOC2C1(C)C. The van der Waals surface area contributed by atoms with Crippen LogP contribution in [0.1, 0.15) is 32.4 Å². The Morgan fingerprint density at radius 3 is 2.90 bits per heavy atom. The molecule has 6 heteroatoms. The van der Waals surface area contributed by atoms with E-state index >= 15 is 0 Å². The maximum Gasteiger partial charge on any atom is 0.245 e. The highest BCUT2D eigenvalue weighted by atomic mass is 16.5. The Bertz CT molecular complexity index is 580. The number of hydrogen-bond acceptors (Lipinski definition) is 4. The van der Waals surface area contributed by atoms with Crippen molar-refractivity contribution in [3.63, 3.8) is 0 Å². The van der Waals surface area contributed by atoms with E-state index in [9.17, 15) is 4.79 Å². The van der Waals surface area contributed by atoms with Crippen LogP contribution in [0.2, 0.25) is 0 Å². The Morgan fingerprint density at radius 1 is 1.57 bits per heavy atom. The van der Waals surface area contributed by atoms with Crippen molar-refractivity contribution in [2.75, 3.05) is 11.9 Å². The van der Waals surface area contributed by atoms with Gasteiger partial charge in [-0.3, -0.25) is 9.48 Å². The van der Waals surface area contributed by atoms with E-state index in [1.807, 2.05) is 27.8 Å². The number of rotatable bonds is 2. The molecule has 2 fully saturated rings. The van der Waals surface area contributed by atoms with Gasteiger partial charge in [0.25, 0.3) is 0 Å². The van der Waals surface area contributed by atoms with E-state index in [1.54, 1.807) is 10.9 Å². The second kappa shape index (κ2) is 4.55. The molecule has 0 aromatic carbocycles. The Hall–Kier alpha value is -1.40. The third kappa shape index (κ3) is 1.85. The van der Waals surface area contributed by atoms with Gasteiger partial charge in [0.15, 0.2) is 0 Å². The summed E-state index contributed by atoms with van der Waals surface area (Å²) < 4.78 is 7.53. The molecule has 1 aromatic rings. The van der Waals surface area contributed by atoms with E-state index in [-0.39, 0.29) is 23.3 Å². The zero-order chi connectivity index (χ0) is 15.4. The largest absolute Gasteiger partial charge is 0.377 e. The fourth-order valence-electron chi connectivity index (χ4n) is 3.98. The number of aryl methyl sites for hydroxylation is 2. The van der Waals surface area contributed by atoms with Gasteiger partial charge in [-0.05, 0) is 19.8 Å². The quantitative estimate of drug-likeness (QED) is 0.858. The Morgan fingerprint density at radius 2 is 2.29 bits per heavy atom. The molecule has 1 amide bonds. The molecule has 6 nitrogen and oxygen atoms in total. The van der Waals surface area contributed by atoms with Gasteiger partial charge in [0, 0.05) is 31.2 Å². The van der Waals surface area contributed by atoms with Crippen molar-refractivity contribution in [1.29, 1.82) is 0 Å². The first kappa shape index (κ1) is 14.5. The molecule has 1 saturated carbocycles. The van der Waals surface area contributed by atoms with E-state index in [4.69, 9.17) is 10.5 Å². The molecule has 3 N–H and O–H groups in total. The number of nitrogens with two attached hydrogens (primary N) is 1. The lowest BCUT2D eigenvalue weighted by Crippen LogP contribution is -2.81. The maximum absolute atomic E-state index is 12.8. The number of carbonyl (C=O) groups is 1. The summed E-state index contributed by atoms with van der Waals surface area (Å²) >= 11 is 0. The van der Waals surface area contributed by atoms with Crippen LogP contribution in [-0.2, 0) is 16.6 Å². The molecule has 3 atom stereocenters. The number of carbonyl (C=O) groups excluding carboxylic acids is 1. The molecule has 0 spiro atoms. The van der Waals surface area contributed by atoms with Crippen molar-refractivity contribution in [2.24, 2.45) is 24.1 Å². The molecule has 1 aliphatic carbocycles. The Balaban J connectivity index is 1.84. The fraction of sp³-hybridized carbons (Fsp3) is 0.733. The predicted octanol–water partition coefficient (Wildman–Crippen LogP) is 1.20. The fourth-order valence-corrected chi connectivity index (χ4v) is 3.98. The van der Waals surface area contributed by atoms with Crippen molar-refractivity contribution in [2.45, 2.75) is 45.3 Å². The van der Waals surface area contributed by atoms with Crippen LogP contribution < -0.4 is 11.1 Å². The summed E-state index contributed by atoms with van der Waals surface area (Å²) in [5.74, 6) is -0.0337. The van der Waals surface area contributed by atoms with E-state index in [2.05, 4.69) is 10.4 Å². The van der Waals surface area contributed by atoms with E-state index in [1.165, 1.54) is 0 Å². The molecule has 1 aromatic heterocycles. The standard InChI is InChI=1S/C15H24N4O2/c1-9-11(8-19(4)18-9)17-13(20)15(16)10-6-5-7-21-12(10)14(15,2)3/h8,10,12H,5-7,16H2,1-4H3,(H,17,20). The highest BCUT2D eigenvalue weighted by Gasteiger charge is 2.70. The maximum atomic E-state index is 12.8. The van der Waals surface area contributed by atoms with Crippen molar-refractivity contribution in [1.82, 2.24) is 9.78 Å².